The quantitative estimate of drug-likeness (QED) is 0.761. The second-order valence-corrected chi connectivity index (χ2v) is 7.32. The molecule has 26 heavy (non-hydrogen) atoms. The van der Waals surface area contributed by atoms with Crippen molar-refractivity contribution in [2.24, 2.45) is 5.73 Å². The Morgan fingerprint density at radius 1 is 1.04 bits per heavy atom. The number of sulfone groups is 1. The molecule has 138 valence electrons. The van der Waals surface area contributed by atoms with E-state index in [1.165, 1.54) is 0 Å². The topological polar surface area (TPSA) is 106 Å². The molecule has 2 aromatic carbocycles. The maximum Gasteiger partial charge on any atom is 0.341 e. The highest BCUT2D eigenvalue weighted by Crippen LogP contribution is 2.18. The van der Waals surface area contributed by atoms with Crippen LogP contribution in [-0.2, 0) is 16.3 Å². The van der Waals surface area contributed by atoms with Gasteiger partial charge < -0.3 is 11.1 Å². The summed E-state index contributed by atoms with van der Waals surface area (Å²) in [7, 11) is -4.69. The maximum absolute atomic E-state index is 12.5. The summed E-state index contributed by atoms with van der Waals surface area (Å²) in [5.74, 6) is -4.54. The molecule has 0 saturated carbocycles. The van der Waals surface area contributed by atoms with Gasteiger partial charge in [0, 0.05) is 17.7 Å². The minimum Gasteiger partial charge on any atom is -0.366 e. The largest absolute Gasteiger partial charge is 0.366 e. The van der Waals surface area contributed by atoms with E-state index in [9.17, 15) is 26.8 Å². The summed E-state index contributed by atoms with van der Waals surface area (Å²) in [5.41, 5.74) is 6.51. The number of amides is 2. The van der Waals surface area contributed by atoms with Crippen molar-refractivity contribution in [2.75, 3.05) is 6.54 Å². The summed E-state index contributed by atoms with van der Waals surface area (Å²) in [4.78, 5) is 22.6. The minimum atomic E-state index is -4.69. The molecule has 0 fully saturated rings. The predicted molar refractivity (Wildman–Crippen MR) is 90.6 cm³/mol. The Hall–Kier alpha value is -2.81. The number of halogens is 2. The predicted octanol–water partition coefficient (Wildman–Crippen LogP) is 1.75. The highest BCUT2D eigenvalue weighted by atomic mass is 32.2. The first-order valence-corrected chi connectivity index (χ1v) is 9.05. The second kappa shape index (κ2) is 8.05. The van der Waals surface area contributed by atoms with Gasteiger partial charge in [-0.1, -0.05) is 12.1 Å². The first kappa shape index (κ1) is 19.5. The lowest BCUT2D eigenvalue weighted by Gasteiger charge is -2.07. The molecule has 0 saturated heterocycles. The van der Waals surface area contributed by atoms with Gasteiger partial charge in [-0.3, -0.25) is 9.59 Å². The highest BCUT2D eigenvalue weighted by Gasteiger charge is 2.26. The van der Waals surface area contributed by atoms with Crippen molar-refractivity contribution in [1.29, 1.82) is 0 Å². The van der Waals surface area contributed by atoms with Gasteiger partial charge in [0.05, 0.1) is 4.90 Å². The van der Waals surface area contributed by atoms with Crippen LogP contribution in [0.3, 0.4) is 0 Å². The van der Waals surface area contributed by atoms with Crippen LogP contribution < -0.4 is 11.1 Å². The molecule has 0 heterocycles. The van der Waals surface area contributed by atoms with Crippen LogP contribution in [0.2, 0.25) is 0 Å². The van der Waals surface area contributed by atoms with E-state index >= 15 is 0 Å². The zero-order valence-corrected chi connectivity index (χ0v) is 14.3. The van der Waals surface area contributed by atoms with Crippen LogP contribution in [0.1, 0.15) is 26.3 Å². The molecular weight excluding hydrogens is 366 g/mol. The summed E-state index contributed by atoms with van der Waals surface area (Å²) in [6.45, 7) is 0.262. The monoisotopic (exact) mass is 382 g/mol. The summed E-state index contributed by atoms with van der Waals surface area (Å²) in [5, 5.41) is 2.62. The van der Waals surface area contributed by atoms with Crippen molar-refractivity contribution in [3.05, 3.63) is 65.2 Å². The van der Waals surface area contributed by atoms with E-state index in [4.69, 9.17) is 5.73 Å². The van der Waals surface area contributed by atoms with E-state index in [-0.39, 0.29) is 12.1 Å². The molecule has 0 aliphatic rings. The van der Waals surface area contributed by atoms with Crippen molar-refractivity contribution in [1.82, 2.24) is 5.32 Å². The van der Waals surface area contributed by atoms with Crippen molar-refractivity contribution < 1.29 is 26.8 Å². The fourth-order valence-corrected chi connectivity index (χ4v) is 2.92. The Morgan fingerprint density at radius 3 is 2.27 bits per heavy atom. The normalized spacial score (nSPS) is 11.3. The van der Waals surface area contributed by atoms with Gasteiger partial charge in [-0.25, -0.2) is 8.42 Å². The van der Waals surface area contributed by atoms with Crippen molar-refractivity contribution in [2.45, 2.75) is 17.1 Å². The third-order valence-electron chi connectivity index (χ3n) is 3.59. The van der Waals surface area contributed by atoms with E-state index in [1.54, 1.807) is 24.3 Å². The Bertz CT molecular complexity index is 913. The van der Waals surface area contributed by atoms with Crippen LogP contribution in [0, 0.1) is 0 Å². The van der Waals surface area contributed by atoms with Crippen molar-refractivity contribution in [3.8, 4) is 0 Å². The van der Waals surface area contributed by atoms with Crippen LogP contribution in [0.15, 0.2) is 53.4 Å². The van der Waals surface area contributed by atoms with Gasteiger partial charge in [0.15, 0.2) is 0 Å². The van der Waals surface area contributed by atoms with Gasteiger partial charge in [0.2, 0.25) is 15.7 Å². The number of hydrogen-bond donors (Lipinski definition) is 2. The SMILES string of the molecule is NC(=O)c1cccc(CCNC(=O)c2ccc(S(=O)(=O)C(F)F)cc2)c1. The fourth-order valence-electron chi connectivity index (χ4n) is 2.20. The Morgan fingerprint density at radius 2 is 1.69 bits per heavy atom. The van der Waals surface area contributed by atoms with Crippen LogP contribution in [0.5, 0.6) is 0 Å². The van der Waals surface area contributed by atoms with E-state index < -0.39 is 32.3 Å². The molecule has 2 amide bonds. The first-order chi connectivity index (χ1) is 12.2. The molecule has 6 nitrogen and oxygen atoms in total. The number of carbonyl (C=O) groups is 2. The lowest BCUT2D eigenvalue weighted by Crippen LogP contribution is -2.25. The lowest BCUT2D eigenvalue weighted by molar-refractivity contribution is 0.0952. The molecule has 0 aliphatic heterocycles. The zero-order valence-electron chi connectivity index (χ0n) is 13.5. The maximum atomic E-state index is 12.5. The Kier molecular flexibility index (Phi) is 6.04. The van der Waals surface area contributed by atoms with E-state index in [0.717, 1.165) is 29.8 Å². The van der Waals surface area contributed by atoms with Gasteiger partial charge >= 0.3 is 5.76 Å². The molecular formula is C17H16F2N2O4S. The smallest absolute Gasteiger partial charge is 0.341 e. The molecule has 2 aromatic rings. The number of hydrogen-bond acceptors (Lipinski definition) is 4. The molecule has 0 aromatic heterocycles. The molecule has 0 aliphatic carbocycles. The summed E-state index contributed by atoms with van der Waals surface area (Å²) >= 11 is 0. The highest BCUT2D eigenvalue weighted by molar-refractivity contribution is 7.91. The molecule has 0 spiro atoms. The third-order valence-corrected chi connectivity index (χ3v) is 4.99. The van der Waals surface area contributed by atoms with Crippen molar-refractivity contribution in [3.63, 3.8) is 0 Å². The fraction of sp³-hybridized carbons (Fsp3) is 0.176. The van der Waals surface area contributed by atoms with E-state index in [2.05, 4.69) is 5.32 Å². The molecule has 0 atom stereocenters. The number of nitrogens with two attached hydrogens (primary N) is 1. The second-order valence-electron chi connectivity index (χ2n) is 5.40. The Labute approximate surface area is 148 Å². The molecule has 3 N–H and O–H groups in total. The third kappa shape index (κ3) is 4.63. The molecule has 9 heteroatoms. The van der Waals surface area contributed by atoms with E-state index in [1.807, 2.05) is 0 Å². The van der Waals surface area contributed by atoms with Crippen molar-refractivity contribution >= 4 is 21.7 Å². The zero-order chi connectivity index (χ0) is 19.3. The number of rotatable bonds is 7. The minimum absolute atomic E-state index is 0.143. The Balaban J connectivity index is 1.96. The standard InChI is InChI=1S/C17H16F2N2O4S/c18-17(19)26(24,25)14-6-4-12(5-7-14)16(23)21-9-8-11-2-1-3-13(10-11)15(20)22/h1-7,10,17H,8-9H2,(H2,20,22)(H,21,23). The van der Waals surface area contributed by atoms with E-state index in [0.29, 0.717) is 12.0 Å². The van der Waals surface area contributed by atoms with Gasteiger partial charge in [-0.05, 0) is 48.4 Å². The van der Waals surface area contributed by atoms with Crippen LogP contribution in [0.25, 0.3) is 0 Å². The number of alkyl halides is 2. The van der Waals surface area contributed by atoms with Crippen LogP contribution in [-0.4, -0.2) is 32.5 Å². The molecule has 0 bridgehead atoms. The summed E-state index contributed by atoms with van der Waals surface area (Å²) < 4.78 is 47.6. The van der Waals surface area contributed by atoms with Crippen LogP contribution >= 0.6 is 0 Å². The van der Waals surface area contributed by atoms with Gasteiger partial charge in [0.25, 0.3) is 5.91 Å². The first-order valence-electron chi connectivity index (χ1n) is 7.51. The number of primary amides is 1. The molecule has 2 rings (SSSR count). The number of nitrogens with one attached hydrogen (secondary N) is 1. The summed E-state index contributed by atoms with van der Waals surface area (Å²) in [6, 6.07) is 10.9. The number of benzene rings is 2. The van der Waals surface area contributed by atoms with Crippen LogP contribution in [0.4, 0.5) is 8.78 Å². The lowest BCUT2D eigenvalue weighted by atomic mass is 10.1. The summed E-state index contributed by atoms with van der Waals surface area (Å²) in [6.07, 6.45) is 0.449. The molecule has 0 radical (unpaired) electrons. The average Bonchev–Trinajstić information content (AvgIpc) is 2.61. The average molecular weight is 382 g/mol. The molecule has 0 unspecified atom stereocenters. The van der Waals surface area contributed by atoms with Gasteiger partial charge in [-0.2, -0.15) is 8.78 Å². The number of carbonyl (C=O) groups excluding carboxylic acids is 2. The van der Waals surface area contributed by atoms with Gasteiger partial charge in [-0.15, -0.1) is 0 Å². The van der Waals surface area contributed by atoms with Gasteiger partial charge in [0.1, 0.15) is 0 Å².